The van der Waals surface area contributed by atoms with Gasteiger partial charge in [0.1, 0.15) is 5.75 Å². The van der Waals surface area contributed by atoms with Crippen molar-refractivity contribution in [2.24, 2.45) is 0 Å². The maximum Gasteiger partial charge on any atom is 0.133 e. The van der Waals surface area contributed by atoms with Crippen molar-refractivity contribution in [1.29, 1.82) is 0 Å². The van der Waals surface area contributed by atoms with Gasteiger partial charge in [-0.2, -0.15) is 0 Å². The van der Waals surface area contributed by atoms with E-state index in [1.54, 1.807) is 7.11 Å². The first kappa shape index (κ1) is 8.88. The van der Waals surface area contributed by atoms with Crippen LogP contribution in [-0.4, -0.2) is 13.7 Å². The Bertz CT molecular complexity index is 325. The van der Waals surface area contributed by atoms with Gasteiger partial charge in [0, 0.05) is 12.2 Å². The van der Waals surface area contributed by atoms with Crippen LogP contribution in [0.3, 0.4) is 0 Å². The molecule has 0 fully saturated rings. The molecule has 0 radical (unpaired) electrons. The molecule has 2 rings (SSSR count). The highest BCUT2D eigenvalue weighted by atomic mass is 79.9. The predicted molar refractivity (Wildman–Crippen MR) is 57.5 cm³/mol. The van der Waals surface area contributed by atoms with Gasteiger partial charge in [-0.1, -0.05) is 0 Å². The van der Waals surface area contributed by atoms with Crippen molar-refractivity contribution < 1.29 is 4.74 Å². The van der Waals surface area contributed by atoms with Gasteiger partial charge in [-0.15, -0.1) is 0 Å². The van der Waals surface area contributed by atoms with Gasteiger partial charge < -0.3 is 10.1 Å². The van der Waals surface area contributed by atoms with Gasteiger partial charge in [0.05, 0.1) is 11.6 Å². The Balaban J connectivity index is 2.48. The third kappa shape index (κ3) is 1.53. The monoisotopic (exact) mass is 241 g/mol. The molecule has 1 aliphatic heterocycles. The summed E-state index contributed by atoms with van der Waals surface area (Å²) < 4.78 is 6.33. The molecular weight excluding hydrogens is 230 g/mol. The van der Waals surface area contributed by atoms with Crippen molar-refractivity contribution in [3.05, 3.63) is 22.2 Å². The molecular formula is C10H12BrNO. The van der Waals surface area contributed by atoms with Gasteiger partial charge >= 0.3 is 0 Å². The first-order chi connectivity index (χ1) is 6.33. The van der Waals surface area contributed by atoms with Gasteiger partial charge in [0.25, 0.3) is 0 Å². The van der Waals surface area contributed by atoms with E-state index in [4.69, 9.17) is 4.74 Å². The topological polar surface area (TPSA) is 21.3 Å². The van der Waals surface area contributed by atoms with Gasteiger partial charge in [-0.25, -0.2) is 0 Å². The van der Waals surface area contributed by atoms with Crippen LogP contribution in [0.4, 0.5) is 5.69 Å². The van der Waals surface area contributed by atoms with E-state index in [9.17, 15) is 0 Å². The minimum Gasteiger partial charge on any atom is -0.496 e. The fourth-order valence-electron chi connectivity index (χ4n) is 1.66. The highest BCUT2D eigenvalue weighted by Gasteiger charge is 2.14. The third-order valence-electron chi connectivity index (χ3n) is 2.35. The zero-order chi connectivity index (χ0) is 9.26. The summed E-state index contributed by atoms with van der Waals surface area (Å²) in [6.07, 6.45) is 2.32. The van der Waals surface area contributed by atoms with Crippen molar-refractivity contribution in [2.45, 2.75) is 12.8 Å². The fraction of sp³-hybridized carbons (Fsp3) is 0.400. The summed E-state index contributed by atoms with van der Waals surface area (Å²) in [6.45, 7) is 1.08. The standard InChI is InChI=1S/C10H12BrNO/c1-13-9-5-4-8-7(10(9)11)3-2-6-12-8/h4-5,12H,2-3,6H2,1H3. The molecule has 0 unspecified atom stereocenters. The molecule has 1 aromatic carbocycles. The van der Waals surface area contributed by atoms with E-state index in [1.807, 2.05) is 6.07 Å². The predicted octanol–water partition coefficient (Wildman–Crippen LogP) is 2.82. The highest BCUT2D eigenvalue weighted by Crippen LogP contribution is 2.36. The molecule has 2 nitrogen and oxygen atoms in total. The van der Waals surface area contributed by atoms with Gasteiger partial charge in [-0.3, -0.25) is 0 Å². The molecule has 1 heterocycles. The molecule has 0 spiro atoms. The summed E-state index contributed by atoms with van der Waals surface area (Å²) in [4.78, 5) is 0. The van der Waals surface area contributed by atoms with Crippen molar-refractivity contribution >= 4 is 21.6 Å². The van der Waals surface area contributed by atoms with E-state index in [0.717, 1.165) is 23.2 Å². The Morgan fingerprint density at radius 1 is 1.46 bits per heavy atom. The zero-order valence-electron chi connectivity index (χ0n) is 7.56. The van der Waals surface area contributed by atoms with Crippen molar-refractivity contribution in [2.75, 3.05) is 19.0 Å². The number of nitrogens with one attached hydrogen (secondary N) is 1. The lowest BCUT2D eigenvalue weighted by Gasteiger charge is -2.20. The Kier molecular flexibility index (Phi) is 2.44. The molecule has 3 heteroatoms. The maximum atomic E-state index is 5.24. The molecule has 0 saturated carbocycles. The number of hydrogen-bond donors (Lipinski definition) is 1. The molecule has 0 amide bonds. The van der Waals surface area contributed by atoms with Crippen molar-refractivity contribution in [3.63, 3.8) is 0 Å². The average molecular weight is 242 g/mol. The highest BCUT2D eigenvalue weighted by molar-refractivity contribution is 9.10. The quantitative estimate of drug-likeness (QED) is 0.817. The fourth-order valence-corrected chi connectivity index (χ4v) is 2.36. The van der Waals surface area contributed by atoms with Crippen LogP contribution in [0.5, 0.6) is 5.75 Å². The molecule has 1 N–H and O–H groups in total. The molecule has 1 aliphatic rings. The Labute approximate surface area is 86.4 Å². The average Bonchev–Trinajstić information content (AvgIpc) is 2.19. The Morgan fingerprint density at radius 3 is 3.08 bits per heavy atom. The van der Waals surface area contributed by atoms with Crippen LogP contribution in [0.1, 0.15) is 12.0 Å². The molecule has 0 saturated heterocycles. The lowest BCUT2D eigenvalue weighted by atomic mass is 10.0. The molecule has 0 atom stereocenters. The number of benzene rings is 1. The Morgan fingerprint density at radius 2 is 2.31 bits per heavy atom. The smallest absolute Gasteiger partial charge is 0.133 e. The number of halogens is 1. The van der Waals surface area contributed by atoms with Gasteiger partial charge in [0.15, 0.2) is 0 Å². The van der Waals surface area contributed by atoms with E-state index in [1.165, 1.54) is 17.7 Å². The minimum absolute atomic E-state index is 0.919. The third-order valence-corrected chi connectivity index (χ3v) is 3.22. The summed E-state index contributed by atoms with van der Waals surface area (Å²) in [5, 5.41) is 3.37. The first-order valence-electron chi connectivity index (χ1n) is 4.42. The van der Waals surface area contributed by atoms with E-state index < -0.39 is 0 Å². The van der Waals surface area contributed by atoms with Crippen LogP contribution in [-0.2, 0) is 6.42 Å². The maximum absolute atomic E-state index is 5.24. The molecule has 13 heavy (non-hydrogen) atoms. The zero-order valence-corrected chi connectivity index (χ0v) is 9.15. The van der Waals surface area contributed by atoms with Crippen molar-refractivity contribution in [1.82, 2.24) is 0 Å². The molecule has 0 bridgehead atoms. The molecule has 1 aromatic rings. The molecule has 0 aliphatic carbocycles. The van der Waals surface area contributed by atoms with Crippen molar-refractivity contribution in [3.8, 4) is 5.75 Å². The lowest BCUT2D eigenvalue weighted by Crippen LogP contribution is -2.12. The number of hydrogen-bond acceptors (Lipinski definition) is 2. The lowest BCUT2D eigenvalue weighted by molar-refractivity contribution is 0.411. The second-order valence-electron chi connectivity index (χ2n) is 3.14. The van der Waals surface area contributed by atoms with E-state index in [0.29, 0.717) is 0 Å². The van der Waals surface area contributed by atoms with E-state index in [2.05, 4.69) is 27.3 Å². The normalized spacial score (nSPS) is 14.6. The molecule has 70 valence electrons. The largest absolute Gasteiger partial charge is 0.496 e. The van der Waals surface area contributed by atoms with Gasteiger partial charge in [0.2, 0.25) is 0 Å². The van der Waals surface area contributed by atoms with Crippen LogP contribution >= 0.6 is 15.9 Å². The van der Waals surface area contributed by atoms with Crippen LogP contribution in [0.25, 0.3) is 0 Å². The minimum atomic E-state index is 0.919. The number of methoxy groups -OCH3 is 1. The summed E-state index contributed by atoms with van der Waals surface area (Å²) in [5.74, 6) is 0.919. The SMILES string of the molecule is COc1ccc2c(c1Br)CCCN2. The van der Waals surface area contributed by atoms with Crippen LogP contribution in [0, 0.1) is 0 Å². The van der Waals surface area contributed by atoms with Crippen LogP contribution in [0.15, 0.2) is 16.6 Å². The first-order valence-corrected chi connectivity index (χ1v) is 5.21. The summed E-state index contributed by atoms with van der Waals surface area (Å²) in [6, 6.07) is 4.07. The second kappa shape index (κ2) is 3.58. The number of ether oxygens (including phenoxy) is 1. The number of fused-ring (bicyclic) bond motifs is 1. The van der Waals surface area contributed by atoms with E-state index in [-0.39, 0.29) is 0 Å². The van der Waals surface area contributed by atoms with E-state index >= 15 is 0 Å². The summed E-state index contributed by atoms with van der Waals surface area (Å²) in [7, 11) is 1.70. The Hall–Kier alpha value is -0.700. The number of rotatable bonds is 1. The number of anilines is 1. The second-order valence-corrected chi connectivity index (χ2v) is 3.93. The summed E-state index contributed by atoms with van der Waals surface area (Å²) in [5.41, 5.74) is 2.57. The van der Waals surface area contributed by atoms with Gasteiger partial charge in [-0.05, 0) is 46.5 Å². The summed E-state index contributed by atoms with van der Waals surface area (Å²) >= 11 is 3.56. The van der Waals surface area contributed by atoms with Crippen LogP contribution < -0.4 is 10.1 Å². The van der Waals surface area contributed by atoms with Crippen LogP contribution in [0.2, 0.25) is 0 Å². The molecule has 0 aromatic heterocycles.